The summed E-state index contributed by atoms with van der Waals surface area (Å²) >= 11 is 0. The molecule has 0 saturated carbocycles. The van der Waals surface area contributed by atoms with Gasteiger partial charge in [-0.3, -0.25) is 0 Å². The molecule has 12 heavy (non-hydrogen) atoms. The Hall–Kier alpha value is -1.45. The van der Waals surface area contributed by atoms with Gasteiger partial charge >= 0.3 is 5.97 Å². The molecule has 0 N–H and O–H groups in total. The molecule has 66 valence electrons. The predicted octanol–water partition coefficient (Wildman–Crippen LogP) is 0.476. The highest BCUT2D eigenvalue weighted by molar-refractivity contribution is 5.87. The van der Waals surface area contributed by atoms with Crippen LogP contribution in [0, 0.1) is 0 Å². The molecule has 0 amide bonds. The summed E-state index contributed by atoms with van der Waals surface area (Å²) in [6, 6.07) is 0. The fourth-order valence-electron chi connectivity index (χ4n) is 0.850. The van der Waals surface area contributed by atoms with Gasteiger partial charge in [0, 0.05) is 20.3 Å². The second-order valence-corrected chi connectivity index (χ2v) is 2.59. The summed E-state index contributed by atoms with van der Waals surface area (Å²) in [5.41, 5.74) is 0. The Bertz CT molecular complexity index is 253. The highest BCUT2D eigenvalue weighted by Crippen LogP contribution is 2.19. The van der Waals surface area contributed by atoms with Gasteiger partial charge in [-0.2, -0.15) is 0 Å². The van der Waals surface area contributed by atoms with Crippen molar-refractivity contribution in [3.63, 3.8) is 0 Å². The van der Waals surface area contributed by atoms with Crippen LogP contribution >= 0.6 is 0 Å². The van der Waals surface area contributed by atoms with Gasteiger partial charge in [-0.1, -0.05) is 0 Å². The van der Waals surface area contributed by atoms with Crippen LogP contribution in [0.15, 0.2) is 23.8 Å². The van der Waals surface area contributed by atoms with Gasteiger partial charge < -0.3 is 14.4 Å². The lowest BCUT2D eigenvalue weighted by Gasteiger charge is -2.07. The molecule has 0 radical (unpaired) electrons. The number of cyclic esters (lactones) is 1. The van der Waals surface area contributed by atoms with Crippen molar-refractivity contribution < 1.29 is 14.3 Å². The number of nitrogens with zero attached hydrogens (tertiary/aromatic N) is 1. The van der Waals surface area contributed by atoms with Crippen LogP contribution in [0.1, 0.15) is 0 Å². The Morgan fingerprint density at radius 2 is 2.25 bits per heavy atom. The molecule has 0 bridgehead atoms. The Morgan fingerprint density at radius 1 is 1.58 bits per heavy atom. The summed E-state index contributed by atoms with van der Waals surface area (Å²) in [6.07, 6.45) is 3.00. The van der Waals surface area contributed by atoms with E-state index < -0.39 is 0 Å². The summed E-state index contributed by atoms with van der Waals surface area (Å²) in [5.74, 6) is 0.529. The SMILES string of the molecule is COC1=CC(=O)OC1=CN(C)C. The van der Waals surface area contributed by atoms with E-state index in [0.717, 1.165) is 0 Å². The minimum absolute atomic E-state index is 0.389. The highest BCUT2D eigenvalue weighted by Gasteiger charge is 2.20. The van der Waals surface area contributed by atoms with E-state index >= 15 is 0 Å². The zero-order valence-corrected chi connectivity index (χ0v) is 7.33. The van der Waals surface area contributed by atoms with E-state index in [-0.39, 0.29) is 5.97 Å². The highest BCUT2D eigenvalue weighted by atomic mass is 16.6. The molecule has 1 heterocycles. The van der Waals surface area contributed by atoms with E-state index in [1.807, 2.05) is 14.1 Å². The van der Waals surface area contributed by atoms with Crippen LogP contribution in [0.4, 0.5) is 0 Å². The van der Waals surface area contributed by atoms with Gasteiger partial charge in [0.15, 0.2) is 11.5 Å². The normalized spacial score (nSPS) is 19.1. The number of ether oxygens (including phenoxy) is 2. The number of carbonyl (C=O) groups is 1. The quantitative estimate of drug-likeness (QED) is 0.563. The van der Waals surface area contributed by atoms with Crippen molar-refractivity contribution in [1.82, 2.24) is 4.90 Å². The lowest BCUT2D eigenvalue weighted by atomic mass is 10.4. The van der Waals surface area contributed by atoms with Crippen molar-refractivity contribution in [2.24, 2.45) is 0 Å². The first-order chi connectivity index (χ1) is 5.63. The van der Waals surface area contributed by atoms with Gasteiger partial charge in [-0.25, -0.2) is 4.79 Å². The molecule has 4 nitrogen and oxygen atoms in total. The Labute approximate surface area is 71.1 Å². The van der Waals surface area contributed by atoms with Gasteiger partial charge in [0.25, 0.3) is 0 Å². The van der Waals surface area contributed by atoms with E-state index in [0.29, 0.717) is 11.5 Å². The fraction of sp³-hybridized carbons (Fsp3) is 0.375. The number of esters is 1. The third-order valence-corrected chi connectivity index (χ3v) is 1.30. The maximum Gasteiger partial charge on any atom is 0.340 e. The monoisotopic (exact) mass is 169 g/mol. The molecule has 1 rings (SSSR count). The van der Waals surface area contributed by atoms with Gasteiger partial charge in [-0.15, -0.1) is 0 Å². The first-order valence-electron chi connectivity index (χ1n) is 3.49. The molecular formula is C8H11NO3. The van der Waals surface area contributed by atoms with E-state index in [2.05, 4.69) is 0 Å². The lowest BCUT2D eigenvalue weighted by molar-refractivity contribution is -0.132. The maximum absolute atomic E-state index is 10.8. The van der Waals surface area contributed by atoms with Gasteiger partial charge in [-0.05, 0) is 0 Å². The molecule has 0 spiro atoms. The molecular weight excluding hydrogens is 158 g/mol. The maximum atomic E-state index is 10.8. The first-order valence-corrected chi connectivity index (χ1v) is 3.49. The molecule has 0 fully saturated rings. The summed E-state index contributed by atoms with van der Waals surface area (Å²) in [4.78, 5) is 12.5. The van der Waals surface area contributed by atoms with Crippen LogP contribution in [0.5, 0.6) is 0 Å². The molecule has 0 atom stereocenters. The molecule has 0 aromatic carbocycles. The first kappa shape index (κ1) is 8.64. The van der Waals surface area contributed by atoms with E-state index in [4.69, 9.17) is 9.47 Å². The van der Waals surface area contributed by atoms with Crippen LogP contribution in [0.3, 0.4) is 0 Å². The Morgan fingerprint density at radius 3 is 2.75 bits per heavy atom. The van der Waals surface area contributed by atoms with Crippen LogP contribution in [0.2, 0.25) is 0 Å². The van der Waals surface area contributed by atoms with Gasteiger partial charge in [0.2, 0.25) is 0 Å². The van der Waals surface area contributed by atoms with E-state index in [1.165, 1.54) is 13.2 Å². The zero-order valence-electron chi connectivity index (χ0n) is 7.33. The molecule has 1 aliphatic heterocycles. The van der Waals surface area contributed by atoms with Crippen molar-refractivity contribution in [3.8, 4) is 0 Å². The van der Waals surface area contributed by atoms with Crippen LogP contribution in [0.25, 0.3) is 0 Å². The van der Waals surface area contributed by atoms with Crippen LogP contribution < -0.4 is 0 Å². The molecule has 0 aromatic rings. The third-order valence-electron chi connectivity index (χ3n) is 1.30. The number of hydrogen-bond acceptors (Lipinski definition) is 4. The van der Waals surface area contributed by atoms with Gasteiger partial charge in [0.1, 0.15) is 0 Å². The van der Waals surface area contributed by atoms with Crippen molar-refractivity contribution in [1.29, 1.82) is 0 Å². The van der Waals surface area contributed by atoms with Gasteiger partial charge in [0.05, 0.1) is 13.2 Å². The van der Waals surface area contributed by atoms with Crippen molar-refractivity contribution in [2.75, 3.05) is 21.2 Å². The Kier molecular flexibility index (Phi) is 2.38. The Balaban J connectivity index is 2.82. The molecule has 0 unspecified atom stereocenters. The summed E-state index contributed by atoms with van der Waals surface area (Å²) in [5, 5.41) is 0. The standard InChI is InChI=1S/C8H11NO3/c1-9(2)5-7-6(11-3)4-8(10)12-7/h4-5H,1-3H3. The molecule has 4 heteroatoms. The second kappa shape index (κ2) is 3.30. The van der Waals surface area contributed by atoms with Crippen molar-refractivity contribution in [3.05, 3.63) is 23.8 Å². The molecule has 0 aromatic heterocycles. The molecule has 0 saturated heterocycles. The predicted molar refractivity (Wildman–Crippen MR) is 43.0 cm³/mol. The van der Waals surface area contributed by atoms with Crippen LogP contribution in [-0.4, -0.2) is 32.1 Å². The summed E-state index contributed by atoms with van der Waals surface area (Å²) in [7, 11) is 5.18. The smallest absolute Gasteiger partial charge is 0.340 e. The molecule has 0 aliphatic carbocycles. The molecule has 1 aliphatic rings. The van der Waals surface area contributed by atoms with Crippen LogP contribution in [-0.2, 0) is 14.3 Å². The average molecular weight is 169 g/mol. The largest absolute Gasteiger partial charge is 0.493 e. The minimum Gasteiger partial charge on any atom is -0.493 e. The number of rotatable bonds is 2. The van der Waals surface area contributed by atoms with Crippen molar-refractivity contribution in [2.45, 2.75) is 0 Å². The van der Waals surface area contributed by atoms with E-state index in [9.17, 15) is 4.79 Å². The number of carbonyl (C=O) groups excluding carboxylic acids is 1. The summed E-state index contributed by atoms with van der Waals surface area (Å²) < 4.78 is 9.75. The topological polar surface area (TPSA) is 38.8 Å². The number of hydrogen-bond donors (Lipinski definition) is 0. The third kappa shape index (κ3) is 1.78. The minimum atomic E-state index is -0.389. The average Bonchev–Trinajstić information content (AvgIpc) is 2.29. The second-order valence-electron chi connectivity index (χ2n) is 2.59. The summed E-state index contributed by atoms with van der Waals surface area (Å²) in [6.45, 7) is 0. The van der Waals surface area contributed by atoms with Crippen molar-refractivity contribution >= 4 is 5.97 Å². The van der Waals surface area contributed by atoms with E-state index in [1.54, 1.807) is 11.1 Å². The lowest BCUT2D eigenvalue weighted by Crippen LogP contribution is -2.05. The number of methoxy groups -OCH3 is 1. The fourth-order valence-corrected chi connectivity index (χ4v) is 0.850. The zero-order chi connectivity index (χ0) is 9.14.